The van der Waals surface area contributed by atoms with Gasteiger partial charge in [0.05, 0.1) is 0 Å². The third-order valence-electron chi connectivity index (χ3n) is 1.66. The van der Waals surface area contributed by atoms with E-state index < -0.39 is 11.7 Å². The number of benzene rings is 1. The van der Waals surface area contributed by atoms with Crippen molar-refractivity contribution in [2.75, 3.05) is 5.75 Å². The van der Waals surface area contributed by atoms with Crippen LogP contribution in [0.5, 0.6) is 0 Å². The summed E-state index contributed by atoms with van der Waals surface area (Å²) in [6.07, 6.45) is 0. The summed E-state index contributed by atoms with van der Waals surface area (Å²) in [6.45, 7) is 1.98. The molecule has 0 aromatic heterocycles. The third kappa shape index (κ3) is 2.35. The van der Waals surface area contributed by atoms with Crippen LogP contribution < -0.4 is 5.73 Å². The summed E-state index contributed by atoms with van der Waals surface area (Å²) in [6, 6.07) is 6.97. The molecule has 1 aromatic carbocycles. The Morgan fingerprint density at radius 3 is 2.57 bits per heavy atom. The maximum atomic E-state index is 11.4. The highest BCUT2D eigenvalue weighted by Gasteiger charge is 2.15. The summed E-state index contributed by atoms with van der Waals surface area (Å²) in [5.41, 5.74) is 5.33. The normalized spacial score (nSPS) is 9.79. The van der Waals surface area contributed by atoms with Gasteiger partial charge in [0.1, 0.15) is 0 Å². The number of hydrogen-bond donors (Lipinski definition) is 1. The Balaban J connectivity index is 3.06. The van der Waals surface area contributed by atoms with Gasteiger partial charge in [0.25, 0.3) is 11.7 Å². The Bertz CT molecular complexity index is 363. The van der Waals surface area contributed by atoms with Crippen LogP contribution in [0.1, 0.15) is 17.3 Å². The van der Waals surface area contributed by atoms with Gasteiger partial charge in [0.2, 0.25) is 0 Å². The summed E-state index contributed by atoms with van der Waals surface area (Å²) in [7, 11) is 0. The van der Waals surface area contributed by atoms with Crippen molar-refractivity contribution in [3.63, 3.8) is 0 Å². The van der Waals surface area contributed by atoms with E-state index in [1.54, 1.807) is 12.1 Å². The van der Waals surface area contributed by atoms with Crippen molar-refractivity contribution >= 4 is 23.5 Å². The van der Waals surface area contributed by atoms with Crippen molar-refractivity contribution in [1.29, 1.82) is 0 Å². The highest BCUT2D eigenvalue weighted by atomic mass is 32.2. The molecule has 3 nitrogen and oxygen atoms in total. The number of hydrogen-bond acceptors (Lipinski definition) is 3. The van der Waals surface area contributed by atoms with Crippen LogP contribution in [0.3, 0.4) is 0 Å². The van der Waals surface area contributed by atoms with Crippen molar-refractivity contribution < 1.29 is 9.59 Å². The van der Waals surface area contributed by atoms with Gasteiger partial charge in [-0.3, -0.25) is 9.59 Å². The second kappa shape index (κ2) is 4.81. The average molecular weight is 209 g/mol. The number of amides is 1. The van der Waals surface area contributed by atoms with E-state index in [4.69, 9.17) is 5.73 Å². The number of ketones is 1. The van der Waals surface area contributed by atoms with Crippen LogP contribution in [0.2, 0.25) is 0 Å². The maximum absolute atomic E-state index is 11.4. The Labute approximate surface area is 86.7 Å². The monoisotopic (exact) mass is 209 g/mol. The Morgan fingerprint density at radius 1 is 1.36 bits per heavy atom. The predicted molar refractivity (Wildman–Crippen MR) is 56.4 cm³/mol. The summed E-state index contributed by atoms with van der Waals surface area (Å²) < 4.78 is 0. The van der Waals surface area contributed by atoms with Crippen LogP contribution in [-0.2, 0) is 4.79 Å². The predicted octanol–water partition coefficient (Wildman–Crippen LogP) is 1.47. The van der Waals surface area contributed by atoms with E-state index in [9.17, 15) is 9.59 Å². The van der Waals surface area contributed by atoms with E-state index in [0.29, 0.717) is 5.56 Å². The van der Waals surface area contributed by atoms with Crippen LogP contribution in [-0.4, -0.2) is 17.4 Å². The lowest BCUT2D eigenvalue weighted by atomic mass is 10.1. The second-order valence-electron chi connectivity index (χ2n) is 2.62. The molecule has 74 valence electrons. The summed E-state index contributed by atoms with van der Waals surface area (Å²) >= 11 is 1.52. The van der Waals surface area contributed by atoms with Gasteiger partial charge >= 0.3 is 0 Å². The molecule has 0 aliphatic heterocycles. The standard InChI is InChI=1S/C10H11NO2S/c1-2-14-8-6-4-3-5-7(8)9(12)10(11)13/h3-6H,2H2,1H3,(H2,11,13). The molecule has 0 bridgehead atoms. The molecule has 0 fully saturated rings. The quantitative estimate of drug-likeness (QED) is 0.464. The SMILES string of the molecule is CCSc1ccccc1C(=O)C(N)=O. The molecule has 0 aliphatic carbocycles. The molecular formula is C10H11NO2S. The van der Waals surface area contributed by atoms with Crippen molar-refractivity contribution in [3.05, 3.63) is 29.8 Å². The first kappa shape index (κ1) is 10.8. The van der Waals surface area contributed by atoms with E-state index in [-0.39, 0.29) is 0 Å². The average Bonchev–Trinajstić information content (AvgIpc) is 2.18. The minimum atomic E-state index is -0.908. The van der Waals surface area contributed by atoms with Crippen LogP contribution in [0.15, 0.2) is 29.2 Å². The first-order valence-electron chi connectivity index (χ1n) is 4.22. The molecule has 4 heteroatoms. The Morgan fingerprint density at radius 2 is 2.00 bits per heavy atom. The number of rotatable bonds is 4. The molecule has 0 spiro atoms. The highest BCUT2D eigenvalue weighted by molar-refractivity contribution is 7.99. The summed E-state index contributed by atoms with van der Waals surface area (Å²) in [5, 5.41) is 0. The first-order valence-corrected chi connectivity index (χ1v) is 5.21. The number of nitrogens with two attached hydrogens (primary N) is 1. The number of thioether (sulfide) groups is 1. The van der Waals surface area contributed by atoms with E-state index in [0.717, 1.165) is 10.6 Å². The van der Waals surface area contributed by atoms with Crippen LogP contribution in [0.25, 0.3) is 0 Å². The zero-order chi connectivity index (χ0) is 10.6. The fraction of sp³-hybridized carbons (Fsp3) is 0.200. The molecule has 0 radical (unpaired) electrons. The smallest absolute Gasteiger partial charge is 0.289 e. The molecule has 1 rings (SSSR count). The maximum Gasteiger partial charge on any atom is 0.289 e. The van der Waals surface area contributed by atoms with Crippen molar-refractivity contribution in [2.45, 2.75) is 11.8 Å². The van der Waals surface area contributed by atoms with Crippen LogP contribution in [0.4, 0.5) is 0 Å². The molecule has 1 aromatic rings. The molecule has 0 saturated carbocycles. The molecule has 0 atom stereocenters. The second-order valence-corrected chi connectivity index (χ2v) is 3.93. The van der Waals surface area contributed by atoms with E-state index >= 15 is 0 Å². The van der Waals surface area contributed by atoms with Crippen molar-refractivity contribution in [2.24, 2.45) is 5.73 Å². The lowest BCUT2D eigenvalue weighted by Crippen LogP contribution is -2.23. The van der Waals surface area contributed by atoms with Gasteiger partial charge in [-0.05, 0) is 17.9 Å². The lowest BCUT2D eigenvalue weighted by molar-refractivity contribution is -0.114. The Hall–Kier alpha value is -1.29. The van der Waals surface area contributed by atoms with Gasteiger partial charge in [-0.1, -0.05) is 19.1 Å². The first-order chi connectivity index (χ1) is 6.66. The third-order valence-corrected chi connectivity index (χ3v) is 2.61. The largest absolute Gasteiger partial charge is 0.363 e. The highest BCUT2D eigenvalue weighted by Crippen LogP contribution is 2.22. The molecule has 0 aliphatic rings. The van der Waals surface area contributed by atoms with Gasteiger partial charge in [0.15, 0.2) is 0 Å². The van der Waals surface area contributed by atoms with E-state index in [2.05, 4.69) is 0 Å². The number of primary amides is 1. The minimum absolute atomic E-state index is 0.395. The summed E-state index contributed by atoms with van der Waals surface area (Å²) in [4.78, 5) is 22.9. The van der Waals surface area contributed by atoms with Gasteiger partial charge < -0.3 is 5.73 Å². The van der Waals surface area contributed by atoms with Gasteiger partial charge in [-0.25, -0.2) is 0 Å². The Kier molecular flexibility index (Phi) is 3.71. The number of Topliss-reactive ketones (excluding diaryl/α,β-unsaturated/α-hetero) is 1. The molecule has 0 saturated heterocycles. The number of carbonyl (C=O) groups excluding carboxylic acids is 2. The van der Waals surface area contributed by atoms with Crippen LogP contribution in [0, 0.1) is 0 Å². The van der Waals surface area contributed by atoms with Gasteiger partial charge in [-0.15, -0.1) is 11.8 Å². The molecular weight excluding hydrogens is 198 g/mol. The van der Waals surface area contributed by atoms with Crippen molar-refractivity contribution in [3.8, 4) is 0 Å². The number of carbonyl (C=O) groups is 2. The van der Waals surface area contributed by atoms with Gasteiger partial charge in [-0.2, -0.15) is 0 Å². The van der Waals surface area contributed by atoms with Crippen molar-refractivity contribution in [1.82, 2.24) is 0 Å². The van der Waals surface area contributed by atoms with E-state index in [1.165, 1.54) is 11.8 Å². The lowest BCUT2D eigenvalue weighted by Gasteiger charge is -2.04. The van der Waals surface area contributed by atoms with E-state index in [1.807, 2.05) is 19.1 Å². The fourth-order valence-corrected chi connectivity index (χ4v) is 1.87. The summed E-state index contributed by atoms with van der Waals surface area (Å²) in [5.74, 6) is -0.682. The molecule has 14 heavy (non-hydrogen) atoms. The zero-order valence-electron chi connectivity index (χ0n) is 7.82. The zero-order valence-corrected chi connectivity index (χ0v) is 8.64. The topological polar surface area (TPSA) is 60.2 Å². The minimum Gasteiger partial charge on any atom is -0.363 e. The van der Waals surface area contributed by atoms with Gasteiger partial charge in [0, 0.05) is 10.5 Å². The molecule has 0 unspecified atom stereocenters. The molecule has 1 amide bonds. The molecule has 0 heterocycles. The van der Waals surface area contributed by atoms with Crippen LogP contribution >= 0.6 is 11.8 Å². The fourth-order valence-electron chi connectivity index (χ4n) is 1.07. The molecule has 2 N–H and O–H groups in total.